The molecule has 3 heterocycles. The van der Waals surface area contributed by atoms with Crippen molar-refractivity contribution < 1.29 is 9.59 Å². The first-order chi connectivity index (χ1) is 14.5. The van der Waals surface area contributed by atoms with E-state index in [1.807, 2.05) is 34.7 Å². The third-order valence-corrected chi connectivity index (χ3v) is 7.69. The molecule has 1 aliphatic heterocycles. The number of likely N-dealkylation sites (N-methyl/N-ethyl adjacent to an activating group) is 1. The molecule has 2 amide bonds. The minimum atomic E-state index is -0.284. The highest BCUT2D eigenvalue weighted by Gasteiger charge is 2.35. The number of carbonyl (C=O) groups is 2. The lowest BCUT2D eigenvalue weighted by atomic mass is 9.93. The first kappa shape index (κ1) is 21.4. The van der Waals surface area contributed by atoms with Crippen LogP contribution in [-0.4, -0.2) is 41.2 Å². The van der Waals surface area contributed by atoms with Crippen LogP contribution in [0.5, 0.6) is 0 Å². The summed E-state index contributed by atoms with van der Waals surface area (Å²) in [6.45, 7) is 2.97. The van der Waals surface area contributed by atoms with Gasteiger partial charge in [0.25, 0.3) is 5.91 Å². The number of amides is 2. The van der Waals surface area contributed by atoms with E-state index in [1.54, 1.807) is 34.4 Å². The van der Waals surface area contributed by atoms with Crippen LogP contribution in [0.1, 0.15) is 38.6 Å². The molecule has 0 N–H and O–H groups in total. The van der Waals surface area contributed by atoms with Crippen molar-refractivity contribution in [3.05, 3.63) is 78.1 Å². The fourth-order valence-electron chi connectivity index (χ4n) is 3.78. The lowest BCUT2D eigenvalue weighted by Gasteiger charge is -2.37. The van der Waals surface area contributed by atoms with Crippen LogP contribution in [0, 0.1) is 0 Å². The molecule has 4 nitrogen and oxygen atoms in total. The zero-order chi connectivity index (χ0) is 21.3. The average Bonchev–Trinajstić information content (AvgIpc) is 3.42. The average molecular weight is 479 g/mol. The molecule has 0 aliphatic carbocycles. The molecule has 1 aliphatic rings. The second-order valence-corrected chi connectivity index (χ2v) is 9.79. The summed E-state index contributed by atoms with van der Waals surface area (Å²) in [5.74, 6) is -0.204. The van der Waals surface area contributed by atoms with Gasteiger partial charge in [0.1, 0.15) is 6.54 Å². The first-order valence-corrected chi connectivity index (χ1v) is 12.1. The third-order valence-electron chi connectivity index (χ3n) is 5.27. The van der Waals surface area contributed by atoms with E-state index in [0.29, 0.717) is 28.0 Å². The molecule has 0 bridgehead atoms. The molecular weight excluding hydrogens is 459 g/mol. The van der Waals surface area contributed by atoms with Crippen LogP contribution < -0.4 is 0 Å². The summed E-state index contributed by atoms with van der Waals surface area (Å²) in [4.78, 5) is 31.5. The monoisotopic (exact) mass is 478 g/mol. The lowest BCUT2D eigenvalue weighted by molar-refractivity contribution is -0.134. The number of thiophene rings is 2. The summed E-state index contributed by atoms with van der Waals surface area (Å²) < 4.78 is 0. The van der Waals surface area contributed by atoms with Crippen molar-refractivity contribution in [1.82, 2.24) is 9.80 Å². The van der Waals surface area contributed by atoms with E-state index in [4.69, 9.17) is 23.2 Å². The van der Waals surface area contributed by atoms with Crippen molar-refractivity contribution in [2.24, 2.45) is 0 Å². The largest absolute Gasteiger partial charge is 0.330 e. The summed E-state index contributed by atoms with van der Waals surface area (Å²) in [5, 5.41) is 5.01. The summed E-state index contributed by atoms with van der Waals surface area (Å²) in [6.07, 6.45) is 0.797. The van der Waals surface area contributed by atoms with Crippen molar-refractivity contribution in [2.45, 2.75) is 19.4 Å². The molecule has 156 valence electrons. The van der Waals surface area contributed by atoms with Gasteiger partial charge >= 0.3 is 0 Å². The number of rotatable bonds is 5. The molecule has 0 spiro atoms. The van der Waals surface area contributed by atoms with Gasteiger partial charge in [0.2, 0.25) is 5.91 Å². The summed E-state index contributed by atoms with van der Waals surface area (Å²) in [5.41, 5.74) is 1.94. The highest BCUT2D eigenvalue weighted by atomic mass is 35.5. The highest BCUT2D eigenvalue weighted by Crippen LogP contribution is 2.41. The van der Waals surface area contributed by atoms with Crippen molar-refractivity contribution in [1.29, 1.82) is 0 Å². The minimum absolute atomic E-state index is 0.0361. The minimum Gasteiger partial charge on any atom is -0.330 e. The number of hydrogen-bond donors (Lipinski definition) is 0. The van der Waals surface area contributed by atoms with E-state index >= 15 is 0 Å². The maximum atomic E-state index is 13.4. The number of benzene rings is 1. The third kappa shape index (κ3) is 4.14. The standard InChI is InChI=1S/C22H20Cl2N2O2S2/c1-2-25(22(28)19-4-3-10-29-19)13-20(27)26-9-7-18-16(8-11-30-18)21(26)15-6-5-14(23)12-17(15)24/h3-6,8,10-12,21H,2,7,9,13H2,1H3. The molecule has 1 aromatic carbocycles. The van der Waals surface area contributed by atoms with Crippen LogP contribution in [0.4, 0.5) is 0 Å². The lowest BCUT2D eigenvalue weighted by Crippen LogP contribution is -2.46. The maximum Gasteiger partial charge on any atom is 0.264 e. The Hall–Kier alpha value is -1.86. The Morgan fingerprint density at radius 1 is 1.13 bits per heavy atom. The normalized spacial score (nSPS) is 15.7. The second kappa shape index (κ2) is 9.10. The van der Waals surface area contributed by atoms with E-state index in [9.17, 15) is 9.59 Å². The van der Waals surface area contributed by atoms with Crippen LogP contribution in [0.3, 0.4) is 0 Å². The number of fused-ring (bicyclic) bond motifs is 1. The van der Waals surface area contributed by atoms with Crippen LogP contribution in [0.15, 0.2) is 47.2 Å². The predicted octanol–water partition coefficient (Wildman–Crippen LogP) is 5.75. The van der Waals surface area contributed by atoms with Crippen LogP contribution in [0.25, 0.3) is 0 Å². The smallest absolute Gasteiger partial charge is 0.264 e. The van der Waals surface area contributed by atoms with E-state index < -0.39 is 0 Å². The SMILES string of the molecule is CCN(CC(=O)N1CCc2sccc2C1c1ccc(Cl)cc1Cl)C(=O)c1cccs1. The molecule has 1 unspecified atom stereocenters. The highest BCUT2D eigenvalue weighted by molar-refractivity contribution is 7.12. The molecule has 0 fully saturated rings. The predicted molar refractivity (Wildman–Crippen MR) is 124 cm³/mol. The van der Waals surface area contributed by atoms with E-state index in [1.165, 1.54) is 16.2 Å². The molecule has 30 heavy (non-hydrogen) atoms. The summed E-state index contributed by atoms with van der Waals surface area (Å²) >= 11 is 15.7. The number of nitrogens with zero attached hydrogens (tertiary/aromatic N) is 2. The zero-order valence-corrected chi connectivity index (χ0v) is 19.5. The molecule has 4 rings (SSSR count). The molecule has 1 atom stereocenters. The Labute approximate surface area is 193 Å². The van der Waals surface area contributed by atoms with Gasteiger partial charge in [-0.25, -0.2) is 0 Å². The summed E-state index contributed by atoms with van der Waals surface area (Å²) in [7, 11) is 0. The molecule has 0 saturated carbocycles. The first-order valence-electron chi connectivity index (χ1n) is 9.63. The molecular formula is C22H20Cl2N2O2S2. The van der Waals surface area contributed by atoms with Crippen molar-refractivity contribution in [3.63, 3.8) is 0 Å². The molecule has 2 aromatic heterocycles. The van der Waals surface area contributed by atoms with Crippen LogP contribution in [0.2, 0.25) is 10.0 Å². The Morgan fingerprint density at radius 3 is 2.67 bits per heavy atom. The van der Waals surface area contributed by atoms with Gasteiger partial charge in [-0.15, -0.1) is 22.7 Å². The molecule has 8 heteroatoms. The fraction of sp³-hybridized carbons (Fsp3) is 0.273. The van der Waals surface area contributed by atoms with E-state index in [0.717, 1.165) is 17.5 Å². The molecule has 0 radical (unpaired) electrons. The Balaban J connectivity index is 1.64. The van der Waals surface area contributed by atoms with Crippen molar-refractivity contribution >= 4 is 57.7 Å². The molecule has 3 aromatic rings. The molecule has 0 saturated heterocycles. The number of hydrogen-bond acceptors (Lipinski definition) is 4. The van der Waals surface area contributed by atoms with Crippen molar-refractivity contribution in [2.75, 3.05) is 19.6 Å². The second-order valence-electron chi connectivity index (χ2n) is 7.00. The van der Waals surface area contributed by atoms with Crippen LogP contribution >= 0.6 is 45.9 Å². The van der Waals surface area contributed by atoms with E-state index in [2.05, 4.69) is 6.07 Å². The fourth-order valence-corrected chi connectivity index (χ4v) is 5.89. The van der Waals surface area contributed by atoms with Crippen LogP contribution in [-0.2, 0) is 11.2 Å². The van der Waals surface area contributed by atoms with E-state index in [-0.39, 0.29) is 24.4 Å². The Bertz CT molecular complexity index is 1070. The Kier molecular flexibility index (Phi) is 6.48. The number of halogens is 2. The quantitative estimate of drug-likeness (QED) is 0.468. The maximum absolute atomic E-state index is 13.4. The van der Waals surface area contributed by atoms with Gasteiger partial charge in [0.05, 0.1) is 10.9 Å². The van der Waals surface area contributed by atoms with Gasteiger partial charge in [0, 0.05) is 28.0 Å². The number of carbonyl (C=O) groups excluding carboxylic acids is 2. The van der Waals surface area contributed by atoms with Gasteiger partial charge in [-0.1, -0.05) is 35.3 Å². The topological polar surface area (TPSA) is 40.6 Å². The van der Waals surface area contributed by atoms with Gasteiger partial charge in [-0.05, 0) is 59.5 Å². The van der Waals surface area contributed by atoms with Crippen molar-refractivity contribution in [3.8, 4) is 0 Å². The van der Waals surface area contributed by atoms with Gasteiger partial charge in [-0.3, -0.25) is 9.59 Å². The van der Waals surface area contributed by atoms with Gasteiger partial charge in [0.15, 0.2) is 0 Å². The summed E-state index contributed by atoms with van der Waals surface area (Å²) in [6, 6.07) is 10.8. The Morgan fingerprint density at radius 2 is 1.97 bits per heavy atom. The zero-order valence-electron chi connectivity index (χ0n) is 16.3. The van der Waals surface area contributed by atoms with Gasteiger partial charge in [-0.2, -0.15) is 0 Å². The van der Waals surface area contributed by atoms with Gasteiger partial charge < -0.3 is 9.80 Å².